The van der Waals surface area contributed by atoms with Crippen LogP contribution in [-0.4, -0.2) is 60.3 Å². The molecule has 2 saturated heterocycles. The van der Waals surface area contributed by atoms with Gasteiger partial charge in [0.25, 0.3) is 0 Å². The number of carbonyl (C=O) groups is 2. The second kappa shape index (κ2) is 5.53. The Bertz CT molecular complexity index is 681. The lowest BCUT2D eigenvalue weighted by Gasteiger charge is -2.57. The van der Waals surface area contributed by atoms with Gasteiger partial charge in [-0.3, -0.25) is 9.59 Å². The zero-order chi connectivity index (χ0) is 18.9. The lowest BCUT2D eigenvalue weighted by molar-refractivity contribution is -0.229. The fourth-order valence-electron chi connectivity index (χ4n) is 5.68. The Morgan fingerprint density at radius 1 is 1.31 bits per heavy atom. The molecule has 2 aliphatic heterocycles. The van der Waals surface area contributed by atoms with E-state index in [1.807, 2.05) is 19.9 Å². The molecule has 4 aliphatic rings. The van der Waals surface area contributed by atoms with Crippen molar-refractivity contribution in [3.63, 3.8) is 0 Å². The van der Waals surface area contributed by atoms with E-state index in [1.165, 1.54) is 19.4 Å². The molecule has 2 aliphatic carbocycles. The largest absolute Gasteiger partial charge is 0.458 e. The first kappa shape index (κ1) is 17.9. The second-order valence-electron chi connectivity index (χ2n) is 8.29. The van der Waals surface area contributed by atoms with Crippen LogP contribution in [0.5, 0.6) is 0 Å². The quantitative estimate of drug-likeness (QED) is 0.454. The van der Waals surface area contributed by atoms with Crippen LogP contribution in [0.2, 0.25) is 0 Å². The molecule has 2 unspecified atom stereocenters. The number of aliphatic hydroxyl groups is 1. The van der Waals surface area contributed by atoms with E-state index in [2.05, 4.69) is 0 Å². The van der Waals surface area contributed by atoms with Crippen molar-refractivity contribution in [1.82, 2.24) is 0 Å². The molecule has 7 atom stereocenters. The number of hydrogen-bond acceptors (Lipinski definition) is 7. The van der Waals surface area contributed by atoms with Crippen molar-refractivity contribution in [1.29, 1.82) is 0 Å². The van der Waals surface area contributed by atoms with Crippen molar-refractivity contribution < 1.29 is 33.6 Å². The van der Waals surface area contributed by atoms with Crippen LogP contribution in [0.1, 0.15) is 40.5 Å². The maximum atomic E-state index is 11.9. The summed E-state index contributed by atoms with van der Waals surface area (Å²) >= 11 is 0. The summed E-state index contributed by atoms with van der Waals surface area (Å²) in [5, 5.41) is 10.5. The minimum absolute atomic E-state index is 0.125. The van der Waals surface area contributed by atoms with E-state index in [1.54, 1.807) is 0 Å². The molecule has 0 radical (unpaired) electrons. The van der Waals surface area contributed by atoms with Gasteiger partial charge in [0.15, 0.2) is 12.2 Å². The van der Waals surface area contributed by atoms with Crippen molar-refractivity contribution in [2.24, 2.45) is 10.8 Å². The summed E-state index contributed by atoms with van der Waals surface area (Å²) in [5.74, 6) is -0.917. The number of rotatable bonds is 3. The maximum absolute atomic E-state index is 11.9. The minimum atomic E-state index is -0.758. The Kier molecular flexibility index (Phi) is 3.82. The predicted octanol–water partition coefficient (Wildman–Crippen LogP) is 1.12. The summed E-state index contributed by atoms with van der Waals surface area (Å²) in [4.78, 5) is 23.6. The summed E-state index contributed by atoms with van der Waals surface area (Å²) in [6.07, 6.45) is 1.18. The number of ether oxygens (including phenoxy) is 4. The molecule has 26 heavy (non-hydrogen) atoms. The highest BCUT2D eigenvalue weighted by atomic mass is 16.7. The number of fused-ring (bicyclic) bond motifs is 2. The molecule has 4 rings (SSSR count). The smallest absolute Gasteiger partial charge is 0.303 e. The topological polar surface area (TPSA) is 94.6 Å². The van der Waals surface area contributed by atoms with Crippen molar-refractivity contribution in [2.75, 3.05) is 13.2 Å². The number of esters is 2. The summed E-state index contributed by atoms with van der Waals surface area (Å²) in [5.41, 5.74) is -0.923. The first-order valence-electron chi connectivity index (χ1n) is 9.14. The summed E-state index contributed by atoms with van der Waals surface area (Å²) in [6, 6.07) is 0. The van der Waals surface area contributed by atoms with E-state index < -0.39 is 46.7 Å². The number of carbonyl (C=O) groups excluding carboxylic acids is 2. The SMILES string of the molecule is CC(=O)OC1C(OC(C)=O)[C@]2(C)[C@@]3(CO)CCC(C)=C[C@H]3O[C@H]1[C@@]21CO1. The standard InChI is InChI=1S/C19H26O7/c1-10-5-6-18(8-20)13(7-10)26-16-14(24-11(2)21)15(25-12(3)22)17(18,4)19(16)9-23-19/h7,13-16,20H,5-6,8-9H2,1-4H3/t13-,14?,15?,16-,17-,18-,19+/m1/s1. The lowest BCUT2D eigenvalue weighted by Crippen LogP contribution is -2.66. The highest BCUT2D eigenvalue weighted by Crippen LogP contribution is 2.72. The van der Waals surface area contributed by atoms with E-state index in [9.17, 15) is 14.7 Å². The number of aliphatic hydroxyl groups excluding tert-OH is 1. The normalized spacial score (nSPS) is 48.6. The van der Waals surface area contributed by atoms with Gasteiger partial charge in [-0.2, -0.15) is 0 Å². The van der Waals surface area contributed by atoms with E-state index in [0.29, 0.717) is 13.0 Å². The Balaban J connectivity index is 1.88. The van der Waals surface area contributed by atoms with Crippen molar-refractivity contribution >= 4 is 11.9 Å². The van der Waals surface area contributed by atoms with Crippen LogP contribution in [0.3, 0.4) is 0 Å². The molecular formula is C19H26O7. The molecule has 0 aromatic carbocycles. The van der Waals surface area contributed by atoms with Gasteiger partial charge in [-0.25, -0.2) is 0 Å². The maximum Gasteiger partial charge on any atom is 0.303 e. The predicted molar refractivity (Wildman–Crippen MR) is 89.1 cm³/mol. The third kappa shape index (κ3) is 1.99. The van der Waals surface area contributed by atoms with Crippen LogP contribution >= 0.6 is 0 Å². The molecule has 3 fully saturated rings. The van der Waals surface area contributed by atoms with Crippen LogP contribution in [0.4, 0.5) is 0 Å². The van der Waals surface area contributed by atoms with Gasteiger partial charge in [0.1, 0.15) is 11.7 Å². The van der Waals surface area contributed by atoms with Crippen LogP contribution in [0.25, 0.3) is 0 Å². The number of allylic oxidation sites excluding steroid dienone is 1. The van der Waals surface area contributed by atoms with E-state index in [4.69, 9.17) is 18.9 Å². The van der Waals surface area contributed by atoms with E-state index in [0.717, 1.165) is 6.42 Å². The molecule has 144 valence electrons. The third-order valence-corrected chi connectivity index (χ3v) is 7.11. The van der Waals surface area contributed by atoms with Gasteiger partial charge in [0.05, 0.1) is 24.7 Å². The fraction of sp³-hybridized carbons (Fsp3) is 0.789. The molecule has 0 amide bonds. The molecule has 7 heteroatoms. The molecule has 7 nitrogen and oxygen atoms in total. The Labute approximate surface area is 152 Å². The molecular weight excluding hydrogens is 340 g/mol. The van der Waals surface area contributed by atoms with Crippen molar-refractivity contribution in [3.05, 3.63) is 11.6 Å². The molecule has 0 aromatic rings. The molecule has 0 aromatic heterocycles. The summed E-state index contributed by atoms with van der Waals surface area (Å²) in [7, 11) is 0. The van der Waals surface area contributed by atoms with Crippen LogP contribution in [0.15, 0.2) is 11.6 Å². The van der Waals surface area contributed by atoms with Gasteiger partial charge in [-0.05, 0) is 19.8 Å². The molecule has 2 heterocycles. The van der Waals surface area contributed by atoms with Gasteiger partial charge in [-0.15, -0.1) is 0 Å². The first-order valence-corrected chi connectivity index (χ1v) is 9.14. The van der Waals surface area contributed by atoms with Gasteiger partial charge in [0.2, 0.25) is 0 Å². The molecule has 1 spiro atoms. The molecule has 1 saturated carbocycles. The monoisotopic (exact) mass is 366 g/mol. The zero-order valence-corrected chi connectivity index (χ0v) is 15.6. The van der Waals surface area contributed by atoms with Gasteiger partial charge < -0.3 is 24.1 Å². The highest BCUT2D eigenvalue weighted by Gasteiger charge is 2.86. The van der Waals surface area contributed by atoms with Crippen LogP contribution < -0.4 is 0 Å². The average molecular weight is 366 g/mol. The third-order valence-electron chi connectivity index (χ3n) is 7.11. The molecule has 1 N–H and O–H groups in total. The van der Waals surface area contributed by atoms with Gasteiger partial charge in [0, 0.05) is 19.3 Å². The number of epoxide rings is 1. The van der Waals surface area contributed by atoms with Gasteiger partial charge in [-0.1, -0.05) is 18.6 Å². The fourth-order valence-corrected chi connectivity index (χ4v) is 5.68. The Hall–Kier alpha value is -1.44. The summed E-state index contributed by atoms with van der Waals surface area (Å²) < 4.78 is 23.6. The molecule has 2 bridgehead atoms. The average Bonchev–Trinajstić information content (AvgIpc) is 3.34. The minimum Gasteiger partial charge on any atom is -0.458 e. The number of hydrogen-bond donors (Lipinski definition) is 1. The summed E-state index contributed by atoms with van der Waals surface area (Å²) in [6.45, 7) is 7.01. The van der Waals surface area contributed by atoms with Crippen LogP contribution in [-0.2, 0) is 28.5 Å². The van der Waals surface area contributed by atoms with E-state index >= 15 is 0 Å². The van der Waals surface area contributed by atoms with E-state index in [-0.39, 0.29) is 12.7 Å². The Morgan fingerprint density at radius 2 is 1.96 bits per heavy atom. The van der Waals surface area contributed by atoms with Crippen LogP contribution in [0, 0.1) is 10.8 Å². The Morgan fingerprint density at radius 3 is 2.50 bits per heavy atom. The van der Waals surface area contributed by atoms with Crippen molar-refractivity contribution in [2.45, 2.75) is 70.6 Å². The van der Waals surface area contributed by atoms with Crippen molar-refractivity contribution in [3.8, 4) is 0 Å². The van der Waals surface area contributed by atoms with Gasteiger partial charge >= 0.3 is 11.9 Å². The second-order valence-corrected chi connectivity index (χ2v) is 8.29. The zero-order valence-electron chi connectivity index (χ0n) is 15.6. The highest BCUT2D eigenvalue weighted by molar-refractivity contribution is 5.68. The first-order chi connectivity index (χ1) is 12.2. The lowest BCUT2D eigenvalue weighted by atomic mass is 9.51.